The topological polar surface area (TPSA) is 103 Å². The summed E-state index contributed by atoms with van der Waals surface area (Å²) in [5, 5.41) is 10.6. The zero-order chi connectivity index (χ0) is 16.8. The second kappa shape index (κ2) is 7.86. The SMILES string of the molecule is CCOC(=O)C(O)(CC(=O)c1ccc(Cl)cn1)C(=O)OCC. The van der Waals surface area contributed by atoms with Crippen molar-refractivity contribution in [2.45, 2.75) is 25.9 Å². The summed E-state index contributed by atoms with van der Waals surface area (Å²) < 4.78 is 9.29. The smallest absolute Gasteiger partial charge is 0.350 e. The van der Waals surface area contributed by atoms with Crippen molar-refractivity contribution < 1.29 is 29.0 Å². The molecule has 0 aliphatic heterocycles. The summed E-state index contributed by atoms with van der Waals surface area (Å²) in [5.41, 5.74) is -2.75. The molecule has 0 atom stereocenters. The fourth-order valence-electron chi connectivity index (χ4n) is 1.59. The lowest BCUT2D eigenvalue weighted by Gasteiger charge is -2.22. The van der Waals surface area contributed by atoms with Gasteiger partial charge >= 0.3 is 11.9 Å². The van der Waals surface area contributed by atoms with Crippen molar-refractivity contribution in [3.63, 3.8) is 0 Å². The monoisotopic (exact) mass is 329 g/mol. The maximum atomic E-state index is 12.1. The van der Waals surface area contributed by atoms with E-state index in [9.17, 15) is 19.5 Å². The lowest BCUT2D eigenvalue weighted by molar-refractivity contribution is -0.182. The summed E-state index contributed by atoms with van der Waals surface area (Å²) >= 11 is 5.66. The molecule has 0 radical (unpaired) electrons. The quantitative estimate of drug-likeness (QED) is 0.455. The van der Waals surface area contributed by atoms with Gasteiger partial charge in [0.25, 0.3) is 5.60 Å². The lowest BCUT2D eigenvalue weighted by Crippen LogP contribution is -2.50. The average Bonchev–Trinajstić information content (AvgIpc) is 2.48. The molecule has 0 bridgehead atoms. The fourth-order valence-corrected chi connectivity index (χ4v) is 1.70. The molecule has 0 aromatic carbocycles. The summed E-state index contributed by atoms with van der Waals surface area (Å²) in [4.78, 5) is 39.6. The molecule has 0 saturated heterocycles. The highest BCUT2D eigenvalue weighted by atomic mass is 35.5. The minimum atomic E-state index is -2.70. The number of hydrogen-bond acceptors (Lipinski definition) is 7. The molecule has 0 aliphatic rings. The van der Waals surface area contributed by atoms with Crippen molar-refractivity contribution in [2.75, 3.05) is 13.2 Å². The van der Waals surface area contributed by atoms with Crippen LogP contribution in [0.2, 0.25) is 5.02 Å². The Morgan fingerprint density at radius 1 is 1.18 bits per heavy atom. The van der Waals surface area contributed by atoms with Gasteiger partial charge in [0.05, 0.1) is 24.7 Å². The molecule has 0 aliphatic carbocycles. The minimum absolute atomic E-state index is 0.0450. The Labute approximate surface area is 132 Å². The van der Waals surface area contributed by atoms with Crippen molar-refractivity contribution in [1.82, 2.24) is 4.98 Å². The van der Waals surface area contributed by atoms with Gasteiger partial charge in [-0.05, 0) is 26.0 Å². The van der Waals surface area contributed by atoms with E-state index >= 15 is 0 Å². The van der Waals surface area contributed by atoms with E-state index in [2.05, 4.69) is 14.5 Å². The van der Waals surface area contributed by atoms with Crippen LogP contribution in [0.1, 0.15) is 30.8 Å². The van der Waals surface area contributed by atoms with Crippen LogP contribution in [0.3, 0.4) is 0 Å². The van der Waals surface area contributed by atoms with Gasteiger partial charge in [-0.2, -0.15) is 0 Å². The predicted octanol–water partition coefficient (Wildman–Crippen LogP) is 1.17. The van der Waals surface area contributed by atoms with Crippen molar-refractivity contribution >= 4 is 29.3 Å². The number of hydrogen-bond donors (Lipinski definition) is 1. The maximum absolute atomic E-state index is 12.1. The van der Waals surface area contributed by atoms with Gasteiger partial charge in [-0.3, -0.25) is 9.78 Å². The Hall–Kier alpha value is -1.99. The zero-order valence-electron chi connectivity index (χ0n) is 12.2. The van der Waals surface area contributed by atoms with E-state index in [0.29, 0.717) is 5.02 Å². The molecule has 0 amide bonds. The number of nitrogens with zero attached hydrogens (tertiary/aromatic N) is 1. The standard InChI is InChI=1S/C14H16ClNO6/c1-3-21-12(18)14(20,13(19)22-4-2)7-11(17)10-6-5-9(15)8-16-10/h5-6,8,20H,3-4,7H2,1-2H3. The number of ether oxygens (including phenoxy) is 2. The summed E-state index contributed by atoms with van der Waals surface area (Å²) in [6.45, 7) is 2.89. The van der Waals surface area contributed by atoms with Crippen LogP contribution in [0, 0.1) is 0 Å². The third kappa shape index (κ3) is 4.25. The molecule has 1 rings (SSSR count). The van der Waals surface area contributed by atoms with Gasteiger partial charge in [-0.25, -0.2) is 9.59 Å². The summed E-state index contributed by atoms with van der Waals surface area (Å²) in [7, 11) is 0. The van der Waals surface area contributed by atoms with Crippen LogP contribution in [0.4, 0.5) is 0 Å². The number of carbonyl (C=O) groups is 3. The van der Waals surface area contributed by atoms with Crippen LogP contribution < -0.4 is 0 Å². The van der Waals surface area contributed by atoms with Crippen LogP contribution in [-0.4, -0.2) is 46.6 Å². The Balaban J connectivity index is 3.01. The molecule has 0 saturated carbocycles. The number of rotatable bonds is 7. The molecule has 120 valence electrons. The lowest BCUT2D eigenvalue weighted by atomic mass is 9.95. The number of halogens is 1. The van der Waals surface area contributed by atoms with Gasteiger partial charge in [-0.1, -0.05) is 11.6 Å². The first kappa shape index (κ1) is 18.1. The Morgan fingerprint density at radius 3 is 2.14 bits per heavy atom. The van der Waals surface area contributed by atoms with Crippen LogP contribution in [-0.2, 0) is 19.1 Å². The van der Waals surface area contributed by atoms with Crippen molar-refractivity contribution in [2.24, 2.45) is 0 Å². The van der Waals surface area contributed by atoms with Gasteiger partial charge < -0.3 is 14.6 Å². The second-order valence-electron chi connectivity index (χ2n) is 4.26. The van der Waals surface area contributed by atoms with E-state index in [1.54, 1.807) is 0 Å². The highest BCUT2D eigenvalue weighted by molar-refractivity contribution is 6.30. The molecule has 0 fully saturated rings. The third-order valence-corrected chi connectivity index (χ3v) is 2.88. The second-order valence-corrected chi connectivity index (χ2v) is 4.70. The molecule has 22 heavy (non-hydrogen) atoms. The first-order valence-corrected chi connectivity index (χ1v) is 6.94. The summed E-state index contributed by atoms with van der Waals surface area (Å²) in [6.07, 6.45) is 0.405. The first-order valence-electron chi connectivity index (χ1n) is 6.56. The number of aliphatic hydroxyl groups is 1. The number of ketones is 1. The van der Waals surface area contributed by atoms with Crippen LogP contribution in [0.5, 0.6) is 0 Å². The molecular formula is C14H16ClNO6. The largest absolute Gasteiger partial charge is 0.463 e. The fraction of sp³-hybridized carbons (Fsp3) is 0.429. The van der Waals surface area contributed by atoms with E-state index < -0.39 is 29.7 Å². The molecule has 7 nitrogen and oxygen atoms in total. The van der Waals surface area contributed by atoms with Crippen LogP contribution in [0.15, 0.2) is 18.3 Å². The highest BCUT2D eigenvalue weighted by Gasteiger charge is 2.49. The molecule has 1 N–H and O–H groups in total. The van der Waals surface area contributed by atoms with Gasteiger partial charge in [0, 0.05) is 6.20 Å². The van der Waals surface area contributed by atoms with E-state index in [-0.39, 0.29) is 18.9 Å². The van der Waals surface area contributed by atoms with Gasteiger partial charge in [0.1, 0.15) is 5.69 Å². The first-order chi connectivity index (χ1) is 10.3. The van der Waals surface area contributed by atoms with Crippen LogP contribution >= 0.6 is 11.6 Å². The van der Waals surface area contributed by atoms with Gasteiger partial charge in [-0.15, -0.1) is 0 Å². The maximum Gasteiger partial charge on any atom is 0.350 e. The third-order valence-electron chi connectivity index (χ3n) is 2.66. The molecular weight excluding hydrogens is 314 g/mol. The van der Waals surface area contributed by atoms with E-state index in [1.165, 1.54) is 32.2 Å². The van der Waals surface area contributed by atoms with Gasteiger partial charge in [0.15, 0.2) is 5.78 Å². The molecule has 1 aromatic heterocycles. The molecule has 1 aromatic rings. The van der Waals surface area contributed by atoms with E-state index in [1.807, 2.05) is 0 Å². The number of carbonyl (C=O) groups excluding carboxylic acids is 3. The predicted molar refractivity (Wildman–Crippen MR) is 76.4 cm³/mol. The average molecular weight is 330 g/mol. The van der Waals surface area contributed by atoms with Gasteiger partial charge in [0.2, 0.25) is 0 Å². The molecule has 0 spiro atoms. The number of pyridine rings is 1. The molecule has 1 heterocycles. The Kier molecular flexibility index (Phi) is 6.45. The number of aromatic nitrogens is 1. The highest BCUT2D eigenvalue weighted by Crippen LogP contribution is 2.19. The molecule has 0 unspecified atom stereocenters. The normalized spacial score (nSPS) is 10.9. The number of esters is 2. The van der Waals surface area contributed by atoms with Crippen molar-refractivity contribution in [1.29, 1.82) is 0 Å². The minimum Gasteiger partial charge on any atom is -0.463 e. The van der Waals surface area contributed by atoms with E-state index in [0.717, 1.165) is 0 Å². The van der Waals surface area contributed by atoms with Crippen LogP contribution in [0.25, 0.3) is 0 Å². The zero-order valence-corrected chi connectivity index (χ0v) is 12.9. The van der Waals surface area contributed by atoms with E-state index in [4.69, 9.17) is 11.6 Å². The molecule has 8 heteroatoms. The Morgan fingerprint density at radius 2 is 1.73 bits per heavy atom. The number of Topliss-reactive ketones (excluding diaryl/α,β-unsaturated/α-hetero) is 1. The van der Waals surface area contributed by atoms with Crippen molar-refractivity contribution in [3.05, 3.63) is 29.0 Å². The van der Waals surface area contributed by atoms with Crippen molar-refractivity contribution in [3.8, 4) is 0 Å². The Bertz CT molecular complexity index is 539. The summed E-state index contributed by atoms with van der Waals surface area (Å²) in [6, 6.07) is 2.75. The summed E-state index contributed by atoms with van der Waals surface area (Å²) in [5.74, 6) is -3.20.